The zero-order chi connectivity index (χ0) is 25.9. The lowest BCUT2D eigenvalue weighted by molar-refractivity contribution is 0.255. The Balaban J connectivity index is 1.87. The van der Waals surface area contributed by atoms with Crippen molar-refractivity contribution in [3.8, 4) is 0 Å². The van der Waals surface area contributed by atoms with E-state index in [9.17, 15) is 25.3 Å². The van der Waals surface area contributed by atoms with Crippen LogP contribution in [0.2, 0.25) is 0 Å². The molecule has 188 valence electrons. The van der Waals surface area contributed by atoms with E-state index in [0.29, 0.717) is 16.5 Å². The summed E-state index contributed by atoms with van der Waals surface area (Å²) in [6.45, 7) is -0.610. The smallest absolute Gasteiger partial charge is 0.397 e. The topological polar surface area (TPSA) is 181 Å². The fourth-order valence-electron chi connectivity index (χ4n) is 2.99. The van der Waals surface area contributed by atoms with Crippen molar-refractivity contribution < 1.29 is 37.8 Å². The monoisotopic (exact) mass is 543 g/mol. The van der Waals surface area contributed by atoms with Gasteiger partial charge in [-0.25, -0.2) is 12.6 Å². The maximum absolute atomic E-state index is 12.4. The van der Waals surface area contributed by atoms with Crippen LogP contribution in [0.1, 0.15) is 0 Å². The quantitative estimate of drug-likeness (QED) is 0.227. The van der Waals surface area contributed by atoms with Gasteiger partial charge in [-0.1, -0.05) is 18.2 Å². The SMILES string of the molecule is COS(=O)(=O)OCCS(=O)(=O)c1ccc(N=Nc2c(N)ccc3c(S(=O)(=O)OC)cccc23)cc1. The van der Waals surface area contributed by atoms with Crippen LogP contribution in [-0.4, -0.2) is 51.8 Å². The van der Waals surface area contributed by atoms with Crippen LogP contribution in [0.25, 0.3) is 10.8 Å². The second-order valence-corrected chi connectivity index (χ2v) is 12.1. The maximum Gasteiger partial charge on any atom is 0.399 e. The van der Waals surface area contributed by atoms with Crippen molar-refractivity contribution in [1.82, 2.24) is 0 Å². The zero-order valence-corrected chi connectivity index (χ0v) is 20.9. The first kappa shape index (κ1) is 26.7. The van der Waals surface area contributed by atoms with E-state index in [4.69, 9.17) is 5.73 Å². The Labute approximate surface area is 202 Å². The molecule has 0 unspecified atom stereocenters. The van der Waals surface area contributed by atoms with Crippen LogP contribution in [0.4, 0.5) is 17.1 Å². The molecule has 15 heteroatoms. The van der Waals surface area contributed by atoms with Gasteiger partial charge in [0.25, 0.3) is 10.1 Å². The Morgan fingerprint density at radius 1 is 0.800 bits per heavy atom. The van der Waals surface area contributed by atoms with Gasteiger partial charge in [0.2, 0.25) is 0 Å². The average Bonchev–Trinajstić information content (AvgIpc) is 2.83. The van der Waals surface area contributed by atoms with E-state index in [1.807, 2.05) is 0 Å². The Bertz CT molecular complexity index is 1580. The maximum atomic E-state index is 12.4. The second kappa shape index (κ2) is 10.3. The van der Waals surface area contributed by atoms with Crippen LogP contribution >= 0.6 is 0 Å². The minimum atomic E-state index is -4.24. The highest BCUT2D eigenvalue weighted by atomic mass is 32.3. The van der Waals surface area contributed by atoms with Crippen molar-refractivity contribution >= 4 is 58.2 Å². The van der Waals surface area contributed by atoms with E-state index >= 15 is 0 Å². The van der Waals surface area contributed by atoms with Gasteiger partial charge in [-0.15, -0.1) is 5.11 Å². The molecule has 0 aromatic heterocycles. The molecule has 3 aromatic rings. The van der Waals surface area contributed by atoms with Crippen LogP contribution in [0, 0.1) is 0 Å². The highest BCUT2D eigenvalue weighted by Crippen LogP contribution is 2.36. The highest BCUT2D eigenvalue weighted by molar-refractivity contribution is 7.91. The number of nitrogens with two attached hydrogens (primary N) is 1. The van der Waals surface area contributed by atoms with Crippen molar-refractivity contribution in [3.63, 3.8) is 0 Å². The van der Waals surface area contributed by atoms with Crippen LogP contribution in [0.5, 0.6) is 0 Å². The van der Waals surface area contributed by atoms with Gasteiger partial charge in [-0.3, -0.25) is 8.37 Å². The molecule has 0 saturated carbocycles. The molecule has 0 bridgehead atoms. The fraction of sp³-hybridized carbons (Fsp3) is 0.200. The van der Waals surface area contributed by atoms with Gasteiger partial charge in [0, 0.05) is 10.8 Å². The molecule has 0 aliphatic rings. The number of azo groups is 1. The Morgan fingerprint density at radius 3 is 2.11 bits per heavy atom. The lowest BCUT2D eigenvalue weighted by Gasteiger charge is -2.09. The number of hydrogen-bond donors (Lipinski definition) is 1. The standard InChI is InChI=1S/C20H21N3O9S3/c1-30-34(26,27)19-5-3-4-17-16(19)10-11-18(21)20(17)23-22-14-6-8-15(9-7-14)33(24,25)13-12-32-35(28,29)31-2/h3-11H,12-13,21H2,1-2H3. The summed E-state index contributed by atoms with van der Waals surface area (Å²) in [6.07, 6.45) is 0. The first-order valence-corrected chi connectivity index (χ1v) is 14.1. The number of nitrogens with zero attached hydrogens (tertiary/aromatic N) is 2. The highest BCUT2D eigenvalue weighted by Gasteiger charge is 2.19. The number of anilines is 1. The number of benzene rings is 3. The predicted molar refractivity (Wildman–Crippen MR) is 127 cm³/mol. The van der Waals surface area contributed by atoms with Crippen LogP contribution in [0.3, 0.4) is 0 Å². The van der Waals surface area contributed by atoms with E-state index in [1.54, 1.807) is 6.07 Å². The summed E-state index contributed by atoms with van der Waals surface area (Å²) in [5.74, 6) is -0.588. The van der Waals surface area contributed by atoms with Gasteiger partial charge < -0.3 is 5.73 Å². The van der Waals surface area contributed by atoms with E-state index in [0.717, 1.165) is 14.2 Å². The first-order chi connectivity index (χ1) is 16.4. The van der Waals surface area contributed by atoms with Crippen molar-refractivity contribution in [2.45, 2.75) is 9.79 Å². The van der Waals surface area contributed by atoms with Gasteiger partial charge in [0.15, 0.2) is 9.84 Å². The Hall–Kier alpha value is -2.95. The van der Waals surface area contributed by atoms with E-state index in [1.165, 1.54) is 48.5 Å². The summed E-state index contributed by atoms with van der Waals surface area (Å²) < 4.78 is 84.6. The van der Waals surface area contributed by atoms with Crippen LogP contribution < -0.4 is 5.73 Å². The molecule has 0 heterocycles. The molecule has 0 aliphatic carbocycles. The summed E-state index contributed by atoms with van der Waals surface area (Å²) in [7, 11) is -10.1. The molecule has 3 aromatic carbocycles. The molecular weight excluding hydrogens is 522 g/mol. The molecule has 0 amide bonds. The van der Waals surface area contributed by atoms with Crippen molar-refractivity contribution in [2.24, 2.45) is 10.2 Å². The molecule has 0 atom stereocenters. The second-order valence-electron chi connectivity index (χ2n) is 6.89. The van der Waals surface area contributed by atoms with Gasteiger partial charge in [0.05, 0.1) is 42.8 Å². The minimum absolute atomic E-state index is 0.0502. The van der Waals surface area contributed by atoms with E-state index in [-0.39, 0.29) is 21.2 Å². The van der Waals surface area contributed by atoms with Crippen molar-refractivity contribution in [1.29, 1.82) is 0 Å². The Morgan fingerprint density at radius 2 is 1.49 bits per heavy atom. The van der Waals surface area contributed by atoms with Crippen LogP contribution in [0.15, 0.2) is 74.6 Å². The number of fused-ring (bicyclic) bond motifs is 1. The average molecular weight is 544 g/mol. The zero-order valence-electron chi connectivity index (χ0n) is 18.5. The number of sulfone groups is 1. The third-order valence-corrected chi connectivity index (χ3v) is 8.65. The summed E-state index contributed by atoms with van der Waals surface area (Å²) in [6, 6.07) is 12.9. The van der Waals surface area contributed by atoms with Gasteiger partial charge in [-0.05, 0) is 36.4 Å². The molecular formula is C20H21N3O9S3. The molecule has 0 radical (unpaired) electrons. The number of nitrogen functional groups attached to an aromatic ring is 1. The molecule has 3 rings (SSSR count). The van der Waals surface area contributed by atoms with Gasteiger partial charge in [-0.2, -0.15) is 21.9 Å². The van der Waals surface area contributed by atoms with Crippen molar-refractivity contribution in [3.05, 3.63) is 54.6 Å². The predicted octanol–water partition coefficient (Wildman–Crippen LogP) is 2.85. The summed E-state index contributed by atoms with van der Waals surface area (Å²) in [4.78, 5) is -0.125. The molecule has 0 aliphatic heterocycles. The normalized spacial score (nSPS) is 13.0. The van der Waals surface area contributed by atoms with Crippen LogP contribution in [-0.2, 0) is 42.9 Å². The van der Waals surface area contributed by atoms with Gasteiger partial charge in [0.1, 0.15) is 10.6 Å². The van der Waals surface area contributed by atoms with Gasteiger partial charge >= 0.3 is 10.4 Å². The molecule has 0 spiro atoms. The molecule has 2 N–H and O–H groups in total. The third-order valence-electron chi connectivity index (χ3n) is 4.76. The molecule has 35 heavy (non-hydrogen) atoms. The summed E-state index contributed by atoms with van der Waals surface area (Å²) in [5, 5.41) is 8.99. The Kier molecular flexibility index (Phi) is 7.88. The molecule has 0 fully saturated rings. The number of rotatable bonds is 10. The lowest BCUT2D eigenvalue weighted by Crippen LogP contribution is -2.16. The number of hydrogen-bond acceptors (Lipinski definition) is 12. The minimum Gasteiger partial charge on any atom is -0.397 e. The fourth-order valence-corrected chi connectivity index (χ4v) is 5.44. The summed E-state index contributed by atoms with van der Waals surface area (Å²) >= 11 is 0. The molecule has 0 saturated heterocycles. The summed E-state index contributed by atoms with van der Waals surface area (Å²) in [5.41, 5.74) is 6.80. The molecule has 12 nitrogen and oxygen atoms in total. The van der Waals surface area contributed by atoms with E-state index in [2.05, 4.69) is 22.8 Å². The first-order valence-electron chi connectivity index (χ1n) is 9.71. The third kappa shape index (κ3) is 6.19. The lowest BCUT2D eigenvalue weighted by atomic mass is 10.1. The van der Waals surface area contributed by atoms with E-state index < -0.39 is 42.7 Å². The van der Waals surface area contributed by atoms with Crippen molar-refractivity contribution in [2.75, 3.05) is 32.3 Å². The largest absolute Gasteiger partial charge is 0.399 e.